The number of phenols is 1. The lowest BCUT2D eigenvalue weighted by atomic mass is 10.1. The molecule has 1 heterocycles. The average molecular weight is 275 g/mol. The Morgan fingerprint density at radius 3 is 2.95 bits per heavy atom. The summed E-state index contributed by atoms with van der Waals surface area (Å²) in [5.41, 5.74) is 1.25. The van der Waals surface area contributed by atoms with Gasteiger partial charge in [-0.3, -0.25) is 9.48 Å². The Morgan fingerprint density at radius 2 is 2.30 bits per heavy atom. The molecule has 6 heteroatoms. The number of aromatic hydroxyl groups is 1. The molecule has 0 spiro atoms. The van der Waals surface area contributed by atoms with Gasteiger partial charge in [0.1, 0.15) is 11.5 Å². The minimum absolute atomic E-state index is 0.0651. The number of carbonyl (C=O) groups is 1. The van der Waals surface area contributed by atoms with Crippen molar-refractivity contribution in [3.8, 4) is 11.5 Å². The van der Waals surface area contributed by atoms with Gasteiger partial charge >= 0.3 is 0 Å². The van der Waals surface area contributed by atoms with Gasteiger partial charge in [0.25, 0.3) is 5.91 Å². The number of carbonyl (C=O) groups excluding carboxylic acids is 1. The van der Waals surface area contributed by atoms with Gasteiger partial charge in [0.2, 0.25) is 0 Å². The highest BCUT2D eigenvalue weighted by atomic mass is 16.5. The molecule has 0 saturated carbocycles. The number of amides is 1. The number of hydrogen-bond donors (Lipinski definition) is 2. The van der Waals surface area contributed by atoms with Crippen molar-refractivity contribution in [3.05, 3.63) is 41.7 Å². The molecule has 0 aliphatic rings. The lowest BCUT2D eigenvalue weighted by molar-refractivity contribution is 0.0951. The number of aryl methyl sites for hydroxylation is 1. The fraction of sp³-hybridized carbons (Fsp3) is 0.286. The number of rotatable bonds is 5. The van der Waals surface area contributed by atoms with Crippen molar-refractivity contribution in [2.45, 2.75) is 6.42 Å². The Labute approximate surface area is 117 Å². The summed E-state index contributed by atoms with van der Waals surface area (Å²) >= 11 is 0. The number of nitrogens with zero attached hydrogens (tertiary/aromatic N) is 2. The summed E-state index contributed by atoms with van der Waals surface area (Å²) in [5, 5.41) is 16.5. The molecule has 0 atom stereocenters. The van der Waals surface area contributed by atoms with E-state index in [4.69, 9.17) is 4.74 Å². The first-order chi connectivity index (χ1) is 9.60. The van der Waals surface area contributed by atoms with Crippen molar-refractivity contribution in [1.82, 2.24) is 15.1 Å². The van der Waals surface area contributed by atoms with Crippen LogP contribution in [-0.2, 0) is 13.5 Å². The van der Waals surface area contributed by atoms with Crippen LogP contribution in [0.5, 0.6) is 11.5 Å². The van der Waals surface area contributed by atoms with Gasteiger partial charge < -0.3 is 15.2 Å². The van der Waals surface area contributed by atoms with Crippen LogP contribution in [0.3, 0.4) is 0 Å². The average Bonchev–Trinajstić information content (AvgIpc) is 2.85. The van der Waals surface area contributed by atoms with Gasteiger partial charge in [0.15, 0.2) is 0 Å². The molecule has 0 aliphatic heterocycles. The molecule has 2 rings (SSSR count). The van der Waals surface area contributed by atoms with Crippen molar-refractivity contribution in [2.24, 2.45) is 7.05 Å². The van der Waals surface area contributed by atoms with Crippen LogP contribution in [0.2, 0.25) is 0 Å². The van der Waals surface area contributed by atoms with Crippen molar-refractivity contribution < 1.29 is 14.6 Å². The molecule has 6 nitrogen and oxygen atoms in total. The van der Waals surface area contributed by atoms with Gasteiger partial charge in [-0.05, 0) is 30.2 Å². The third-order valence-corrected chi connectivity index (χ3v) is 2.91. The maximum atomic E-state index is 12.0. The smallest absolute Gasteiger partial charge is 0.255 e. The van der Waals surface area contributed by atoms with Crippen LogP contribution < -0.4 is 10.1 Å². The van der Waals surface area contributed by atoms with Gasteiger partial charge in [-0.15, -0.1) is 0 Å². The van der Waals surface area contributed by atoms with Crippen molar-refractivity contribution in [1.29, 1.82) is 0 Å². The summed E-state index contributed by atoms with van der Waals surface area (Å²) in [6.45, 7) is 0.473. The molecule has 106 valence electrons. The van der Waals surface area contributed by atoms with E-state index >= 15 is 0 Å². The summed E-state index contributed by atoms with van der Waals surface area (Å²) in [6, 6.07) is 4.55. The van der Waals surface area contributed by atoms with Crippen LogP contribution >= 0.6 is 0 Å². The molecule has 2 aromatic rings. The minimum atomic E-state index is -0.328. The Hall–Kier alpha value is -2.50. The Kier molecular flexibility index (Phi) is 4.24. The first-order valence-electron chi connectivity index (χ1n) is 6.23. The molecule has 20 heavy (non-hydrogen) atoms. The monoisotopic (exact) mass is 275 g/mol. The van der Waals surface area contributed by atoms with E-state index in [2.05, 4.69) is 10.4 Å². The zero-order valence-electron chi connectivity index (χ0n) is 11.5. The Morgan fingerprint density at radius 1 is 1.50 bits per heavy atom. The van der Waals surface area contributed by atoms with E-state index in [0.29, 0.717) is 18.7 Å². The van der Waals surface area contributed by atoms with E-state index in [1.807, 2.05) is 13.2 Å². The molecule has 0 aliphatic carbocycles. The lowest BCUT2D eigenvalue weighted by Gasteiger charge is -2.08. The van der Waals surface area contributed by atoms with E-state index in [9.17, 15) is 9.90 Å². The molecule has 1 aromatic heterocycles. The fourth-order valence-corrected chi connectivity index (χ4v) is 1.84. The zero-order chi connectivity index (χ0) is 14.5. The van der Waals surface area contributed by atoms with Gasteiger partial charge in [-0.2, -0.15) is 5.10 Å². The summed E-state index contributed by atoms with van der Waals surface area (Å²) in [5.74, 6) is 0.134. The SMILES string of the molecule is COc1ccc(O)c(C(=O)NCCc2cnn(C)c2)c1. The van der Waals surface area contributed by atoms with Crippen LogP contribution in [0.25, 0.3) is 0 Å². The molecule has 1 amide bonds. The molecule has 1 aromatic carbocycles. The second kappa shape index (κ2) is 6.10. The van der Waals surface area contributed by atoms with Crippen LogP contribution in [-0.4, -0.2) is 34.4 Å². The van der Waals surface area contributed by atoms with Gasteiger partial charge in [-0.25, -0.2) is 0 Å². The van der Waals surface area contributed by atoms with Gasteiger partial charge in [-0.1, -0.05) is 0 Å². The minimum Gasteiger partial charge on any atom is -0.507 e. The molecule has 0 fully saturated rings. The fourth-order valence-electron chi connectivity index (χ4n) is 1.84. The van der Waals surface area contributed by atoms with Crippen molar-refractivity contribution in [2.75, 3.05) is 13.7 Å². The number of hydrogen-bond acceptors (Lipinski definition) is 4. The van der Waals surface area contributed by atoms with Crippen LogP contribution in [0.1, 0.15) is 15.9 Å². The molecule has 0 saturated heterocycles. The van der Waals surface area contributed by atoms with Crippen LogP contribution in [0, 0.1) is 0 Å². The molecule has 0 bridgehead atoms. The maximum Gasteiger partial charge on any atom is 0.255 e. The second-order valence-corrected chi connectivity index (χ2v) is 4.41. The molecule has 0 radical (unpaired) electrons. The highest BCUT2D eigenvalue weighted by Gasteiger charge is 2.12. The molecule has 0 unspecified atom stereocenters. The quantitative estimate of drug-likeness (QED) is 0.857. The van der Waals surface area contributed by atoms with Gasteiger partial charge in [0, 0.05) is 19.8 Å². The maximum absolute atomic E-state index is 12.0. The lowest BCUT2D eigenvalue weighted by Crippen LogP contribution is -2.25. The number of benzene rings is 1. The van der Waals surface area contributed by atoms with E-state index in [1.165, 1.54) is 19.2 Å². The number of nitrogens with one attached hydrogen (secondary N) is 1. The van der Waals surface area contributed by atoms with E-state index < -0.39 is 0 Å². The predicted octanol–water partition coefficient (Wildman–Crippen LogP) is 1.11. The highest BCUT2D eigenvalue weighted by molar-refractivity contribution is 5.97. The molecular weight excluding hydrogens is 258 g/mol. The normalized spacial score (nSPS) is 10.3. The highest BCUT2D eigenvalue weighted by Crippen LogP contribution is 2.22. The Balaban J connectivity index is 1.94. The third-order valence-electron chi connectivity index (χ3n) is 2.91. The summed E-state index contributed by atoms with van der Waals surface area (Å²) in [6.07, 6.45) is 4.34. The van der Waals surface area contributed by atoms with E-state index in [-0.39, 0.29) is 17.2 Å². The second-order valence-electron chi connectivity index (χ2n) is 4.41. The Bertz CT molecular complexity index is 607. The third kappa shape index (κ3) is 3.28. The van der Waals surface area contributed by atoms with E-state index in [1.54, 1.807) is 16.9 Å². The largest absolute Gasteiger partial charge is 0.507 e. The predicted molar refractivity (Wildman–Crippen MR) is 73.9 cm³/mol. The standard InChI is InChI=1S/C14H17N3O3/c1-17-9-10(8-16-17)5-6-15-14(19)12-7-11(20-2)3-4-13(12)18/h3-4,7-9,18H,5-6H2,1-2H3,(H,15,19). The summed E-state index contributed by atoms with van der Waals surface area (Å²) in [4.78, 5) is 12.0. The zero-order valence-corrected chi connectivity index (χ0v) is 11.5. The molecule has 2 N–H and O–H groups in total. The van der Waals surface area contributed by atoms with Gasteiger partial charge in [0.05, 0.1) is 18.9 Å². The number of ether oxygens (including phenoxy) is 1. The first kappa shape index (κ1) is 13.9. The van der Waals surface area contributed by atoms with Crippen LogP contribution in [0.15, 0.2) is 30.6 Å². The van der Waals surface area contributed by atoms with Crippen LogP contribution in [0.4, 0.5) is 0 Å². The number of phenolic OH excluding ortho intramolecular Hbond substituents is 1. The number of aromatic nitrogens is 2. The number of methoxy groups -OCH3 is 1. The molecular formula is C14H17N3O3. The van der Waals surface area contributed by atoms with E-state index in [0.717, 1.165) is 5.56 Å². The van der Waals surface area contributed by atoms with Crippen molar-refractivity contribution >= 4 is 5.91 Å². The summed E-state index contributed by atoms with van der Waals surface area (Å²) < 4.78 is 6.75. The topological polar surface area (TPSA) is 76.4 Å². The first-order valence-corrected chi connectivity index (χ1v) is 6.23. The summed E-state index contributed by atoms with van der Waals surface area (Å²) in [7, 11) is 3.35. The van der Waals surface area contributed by atoms with Crippen molar-refractivity contribution in [3.63, 3.8) is 0 Å².